The second kappa shape index (κ2) is 7.49. The zero-order valence-electron chi connectivity index (χ0n) is 16.4. The van der Waals surface area contributed by atoms with Gasteiger partial charge in [-0.2, -0.15) is 8.75 Å². The van der Waals surface area contributed by atoms with Crippen LogP contribution in [0.15, 0.2) is 41.2 Å². The van der Waals surface area contributed by atoms with Crippen LogP contribution in [-0.2, 0) is 4.79 Å². The van der Waals surface area contributed by atoms with Crippen LogP contribution >= 0.6 is 11.7 Å². The highest BCUT2D eigenvalue weighted by Gasteiger charge is 2.27. The fourth-order valence-electron chi connectivity index (χ4n) is 3.98. The average molecular weight is 420 g/mol. The second-order valence-corrected chi connectivity index (χ2v) is 8.10. The first-order valence-electron chi connectivity index (χ1n) is 9.86. The van der Waals surface area contributed by atoms with Gasteiger partial charge in [0.2, 0.25) is 5.91 Å². The maximum absolute atomic E-state index is 12.8. The van der Waals surface area contributed by atoms with Crippen molar-refractivity contribution in [2.24, 2.45) is 5.92 Å². The highest BCUT2D eigenvalue weighted by molar-refractivity contribution is 7.00. The minimum Gasteiger partial charge on any atom is -0.370 e. The Morgan fingerprint density at radius 1 is 1.20 bits per heavy atom. The first-order chi connectivity index (χ1) is 14.6. The van der Waals surface area contributed by atoms with Gasteiger partial charge in [0, 0.05) is 35.6 Å². The Morgan fingerprint density at radius 3 is 2.83 bits per heavy atom. The number of carbonyl (C=O) groups excluding carboxylic acids is 1. The van der Waals surface area contributed by atoms with E-state index in [1.807, 2.05) is 37.3 Å². The number of fused-ring (bicyclic) bond motifs is 2. The molecule has 1 amide bonds. The number of hydrogen-bond donors (Lipinski definition) is 2. The smallest absolute Gasteiger partial charge is 0.272 e. The fourth-order valence-corrected chi connectivity index (χ4v) is 4.49. The molecule has 1 aromatic carbocycles. The van der Waals surface area contributed by atoms with E-state index in [9.17, 15) is 9.59 Å². The molecule has 9 heteroatoms. The Balaban J connectivity index is 1.30. The molecule has 1 saturated heterocycles. The summed E-state index contributed by atoms with van der Waals surface area (Å²) in [6, 6.07) is 11.3. The van der Waals surface area contributed by atoms with Crippen LogP contribution in [0.5, 0.6) is 0 Å². The minimum absolute atomic E-state index is 0.109. The van der Waals surface area contributed by atoms with Crippen LogP contribution in [0, 0.1) is 12.8 Å². The van der Waals surface area contributed by atoms with Gasteiger partial charge in [-0.3, -0.25) is 9.59 Å². The summed E-state index contributed by atoms with van der Waals surface area (Å²) >= 11 is 1.16. The molecular weight excluding hydrogens is 400 g/mol. The number of anilines is 2. The summed E-state index contributed by atoms with van der Waals surface area (Å²) in [6.07, 6.45) is 1.41. The normalized spacial score (nSPS) is 15.0. The quantitative estimate of drug-likeness (QED) is 0.528. The molecule has 0 unspecified atom stereocenters. The van der Waals surface area contributed by atoms with Crippen LogP contribution in [0.25, 0.3) is 22.1 Å². The number of aromatic nitrogens is 4. The minimum atomic E-state index is -0.287. The van der Waals surface area contributed by atoms with Crippen molar-refractivity contribution >= 4 is 51.1 Å². The molecule has 8 nitrogen and oxygen atoms in total. The molecule has 30 heavy (non-hydrogen) atoms. The predicted octanol–water partition coefficient (Wildman–Crippen LogP) is 3.09. The van der Waals surface area contributed by atoms with Gasteiger partial charge in [-0.1, -0.05) is 18.2 Å². The lowest BCUT2D eigenvalue weighted by molar-refractivity contribution is -0.120. The third-order valence-corrected chi connectivity index (χ3v) is 6.08. The summed E-state index contributed by atoms with van der Waals surface area (Å²) < 4.78 is 8.64. The summed E-state index contributed by atoms with van der Waals surface area (Å²) in [5.74, 6) is -0.249. The molecule has 0 spiro atoms. The maximum Gasteiger partial charge on any atom is 0.272 e. The number of aromatic amines is 1. The number of benzene rings is 1. The zero-order valence-corrected chi connectivity index (χ0v) is 17.2. The first kappa shape index (κ1) is 18.7. The number of nitrogens with one attached hydrogen (secondary N) is 2. The molecule has 1 fully saturated rings. The van der Waals surface area contributed by atoms with Crippen LogP contribution in [0.1, 0.15) is 18.5 Å². The van der Waals surface area contributed by atoms with Gasteiger partial charge in [0.05, 0.1) is 17.4 Å². The molecular formula is C21H20N6O2S. The van der Waals surface area contributed by atoms with E-state index in [-0.39, 0.29) is 17.4 Å². The summed E-state index contributed by atoms with van der Waals surface area (Å²) in [7, 11) is 0. The topological polar surface area (TPSA) is 104 Å². The molecule has 1 aliphatic rings. The van der Waals surface area contributed by atoms with Gasteiger partial charge >= 0.3 is 0 Å². The first-order valence-corrected chi connectivity index (χ1v) is 10.6. The molecule has 0 radical (unpaired) electrons. The van der Waals surface area contributed by atoms with E-state index in [4.69, 9.17) is 0 Å². The van der Waals surface area contributed by atoms with Gasteiger partial charge in [-0.15, -0.1) is 0 Å². The Hall–Kier alpha value is -3.33. The van der Waals surface area contributed by atoms with Crippen LogP contribution < -0.4 is 15.8 Å². The zero-order chi connectivity index (χ0) is 20.7. The lowest BCUT2D eigenvalue weighted by atomic mass is 9.95. The Kier molecular flexibility index (Phi) is 4.66. The molecule has 3 aromatic heterocycles. The molecule has 0 saturated carbocycles. The number of aryl methyl sites for hydroxylation is 1. The van der Waals surface area contributed by atoms with Gasteiger partial charge in [-0.05, 0) is 38.0 Å². The second-order valence-electron chi connectivity index (χ2n) is 7.57. The monoisotopic (exact) mass is 420 g/mol. The van der Waals surface area contributed by atoms with Crippen LogP contribution in [0.3, 0.4) is 0 Å². The number of H-pyrrole nitrogens is 1. The van der Waals surface area contributed by atoms with E-state index < -0.39 is 0 Å². The van der Waals surface area contributed by atoms with Crippen molar-refractivity contribution in [3.05, 3.63) is 52.4 Å². The van der Waals surface area contributed by atoms with Gasteiger partial charge in [-0.25, -0.2) is 4.98 Å². The maximum atomic E-state index is 12.8. The number of piperidine rings is 1. The van der Waals surface area contributed by atoms with Crippen LogP contribution in [-0.4, -0.2) is 37.7 Å². The lowest BCUT2D eigenvalue weighted by Crippen LogP contribution is -2.39. The van der Waals surface area contributed by atoms with E-state index >= 15 is 0 Å². The third kappa shape index (κ3) is 3.41. The van der Waals surface area contributed by atoms with Crippen molar-refractivity contribution < 1.29 is 4.79 Å². The van der Waals surface area contributed by atoms with Crippen molar-refractivity contribution in [3.8, 4) is 0 Å². The van der Waals surface area contributed by atoms with Crippen molar-refractivity contribution in [1.29, 1.82) is 0 Å². The number of pyridine rings is 2. The van der Waals surface area contributed by atoms with Crippen molar-refractivity contribution in [2.75, 3.05) is 23.3 Å². The summed E-state index contributed by atoms with van der Waals surface area (Å²) in [6.45, 7) is 3.42. The third-order valence-electron chi connectivity index (χ3n) is 5.56. The van der Waals surface area contributed by atoms with E-state index in [1.165, 1.54) is 0 Å². The van der Waals surface area contributed by atoms with E-state index in [2.05, 4.69) is 28.9 Å². The van der Waals surface area contributed by atoms with Crippen LogP contribution in [0.2, 0.25) is 0 Å². The summed E-state index contributed by atoms with van der Waals surface area (Å²) in [5.41, 5.74) is 4.17. The van der Waals surface area contributed by atoms with Gasteiger partial charge in [0.1, 0.15) is 11.2 Å². The SMILES string of the molecule is Cc1cc(N2CCC(C(=O)Nc3cc4ccccc4[nH]c3=O)CC2)c2nsnc2n1. The number of carbonyl (C=O) groups is 1. The standard InChI is InChI=1S/C21H20N6O2S/c1-12-10-17(18-19(22-12)26-30-25-18)27-8-6-13(7-9-27)20(28)24-16-11-14-4-2-3-5-15(14)23-21(16)29/h2-5,10-11,13H,6-9H2,1H3,(H,23,29)(H,24,28). The van der Waals surface area contributed by atoms with E-state index in [1.54, 1.807) is 6.07 Å². The Bertz CT molecular complexity index is 1310. The average Bonchev–Trinajstić information content (AvgIpc) is 3.22. The molecule has 0 bridgehead atoms. The van der Waals surface area contributed by atoms with E-state index in [0.29, 0.717) is 24.2 Å². The lowest BCUT2D eigenvalue weighted by Gasteiger charge is -2.33. The summed E-state index contributed by atoms with van der Waals surface area (Å²) in [4.78, 5) is 34.6. The molecule has 4 heterocycles. The largest absolute Gasteiger partial charge is 0.370 e. The molecule has 152 valence electrons. The number of amides is 1. The fraction of sp³-hybridized carbons (Fsp3) is 0.286. The highest BCUT2D eigenvalue weighted by Crippen LogP contribution is 2.29. The number of hydrogen-bond acceptors (Lipinski definition) is 7. The number of para-hydroxylation sites is 1. The van der Waals surface area contributed by atoms with Gasteiger partial charge < -0.3 is 15.2 Å². The molecule has 2 N–H and O–H groups in total. The molecule has 0 atom stereocenters. The van der Waals surface area contributed by atoms with Crippen molar-refractivity contribution in [2.45, 2.75) is 19.8 Å². The molecule has 0 aliphatic carbocycles. The Morgan fingerprint density at radius 2 is 2.00 bits per heavy atom. The van der Waals surface area contributed by atoms with Crippen molar-refractivity contribution in [3.63, 3.8) is 0 Å². The number of nitrogens with zero attached hydrogens (tertiary/aromatic N) is 4. The van der Waals surface area contributed by atoms with Gasteiger partial charge in [0.25, 0.3) is 5.56 Å². The highest BCUT2D eigenvalue weighted by atomic mass is 32.1. The molecule has 4 aromatic rings. The predicted molar refractivity (Wildman–Crippen MR) is 118 cm³/mol. The molecule has 5 rings (SSSR count). The van der Waals surface area contributed by atoms with Crippen molar-refractivity contribution in [1.82, 2.24) is 18.7 Å². The van der Waals surface area contributed by atoms with E-state index in [0.717, 1.165) is 52.6 Å². The number of rotatable bonds is 3. The summed E-state index contributed by atoms with van der Waals surface area (Å²) in [5, 5.41) is 3.71. The Labute approximate surface area is 176 Å². The van der Waals surface area contributed by atoms with Crippen LogP contribution in [0.4, 0.5) is 11.4 Å². The van der Waals surface area contributed by atoms with Gasteiger partial charge in [0.15, 0.2) is 5.65 Å². The molecule has 1 aliphatic heterocycles.